The molecule has 1 aliphatic rings. The summed E-state index contributed by atoms with van der Waals surface area (Å²) in [6.45, 7) is 0.157. The number of rotatable bonds is 6. The Bertz CT molecular complexity index is 2010. The second-order valence-corrected chi connectivity index (χ2v) is 11.4. The Balaban J connectivity index is 1.44. The molecule has 7 heteroatoms. The van der Waals surface area contributed by atoms with Crippen LogP contribution in [-0.4, -0.2) is 20.2 Å². The minimum Gasteiger partial charge on any atom is -0.488 e. The van der Waals surface area contributed by atoms with Gasteiger partial charge in [0.2, 0.25) is 0 Å². The third-order valence-corrected chi connectivity index (χ3v) is 9.18. The molecule has 4 aromatic carbocycles. The molecule has 0 fully saturated rings. The second-order valence-electron chi connectivity index (χ2n) is 10.2. The zero-order valence-electron chi connectivity index (χ0n) is 22.2. The zero-order chi connectivity index (χ0) is 28.1. The number of carbonyl (C=O) groups is 1. The summed E-state index contributed by atoms with van der Waals surface area (Å²) < 4.78 is 9.93. The van der Waals surface area contributed by atoms with Gasteiger partial charge in [-0.15, -0.1) is 0 Å². The average Bonchev–Trinajstić information content (AvgIpc) is 3.56. The lowest BCUT2D eigenvalue weighted by atomic mass is 10.00. The molecule has 3 heterocycles. The molecule has 0 saturated carbocycles. The van der Waals surface area contributed by atoms with E-state index in [4.69, 9.17) is 4.74 Å². The van der Waals surface area contributed by atoms with E-state index in [0.717, 1.165) is 49.7 Å². The Morgan fingerprint density at radius 1 is 0.902 bits per heavy atom. The van der Waals surface area contributed by atoms with Crippen LogP contribution >= 0.6 is 11.8 Å². The van der Waals surface area contributed by atoms with E-state index in [1.807, 2.05) is 92.0 Å². The van der Waals surface area contributed by atoms with Gasteiger partial charge in [0.15, 0.2) is 6.04 Å². The molecule has 2 aromatic heterocycles. The maximum atomic E-state index is 13.7. The number of aromatic nitrogens is 2. The van der Waals surface area contributed by atoms with Crippen LogP contribution < -0.4 is 10.3 Å². The molecule has 7 rings (SSSR count). The van der Waals surface area contributed by atoms with Crippen molar-refractivity contribution in [2.75, 3.05) is 0 Å². The van der Waals surface area contributed by atoms with E-state index >= 15 is 0 Å². The van der Waals surface area contributed by atoms with Gasteiger partial charge in [0.1, 0.15) is 12.4 Å². The smallest absolute Gasteiger partial charge is 0.328 e. The number of para-hydroxylation sites is 1. The van der Waals surface area contributed by atoms with Crippen molar-refractivity contribution in [2.24, 2.45) is 7.05 Å². The van der Waals surface area contributed by atoms with E-state index in [-0.39, 0.29) is 12.2 Å². The minimum absolute atomic E-state index is 0.157. The molecule has 6 aromatic rings. The Labute approximate surface area is 240 Å². The van der Waals surface area contributed by atoms with Crippen molar-refractivity contribution < 1.29 is 14.6 Å². The van der Waals surface area contributed by atoms with Gasteiger partial charge in [-0.25, -0.2) is 4.79 Å². The van der Waals surface area contributed by atoms with Gasteiger partial charge in [-0.05, 0) is 23.1 Å². The maximum Gasteiger partial charge on any atom is 0.328 e. The van der Waals surface area contributed by atoms with E-state index in [2.05, 4.69) is 22.9 Å². The molecule has 0 aliphatic carbocycles. The van der Waals surface area contributed by atoms with Crippen molar-refractivity contribution >= 4 is 39.4 Å². The lowest BCUT2D eigenvalue weighted by molar-refractivity contribution is -0.141. The van der Waals surface area contributed by atoms with Gasteiger partial charge in [0.05, 0.1) is 10.3 Å². The van der Waals surface area contributed by atoms with Crippen molar-refractivity contribution in [3.05, 3.63) is 131 Å². The van der Waals surface area contributed by atoms with Crippen LogP contribution in [0.1, 0.15) is 22.4 Å². The first-order valence-corrected chi connectivity index (χ1v) is 14.3. The minimum atomic E-state index is -1.04. The number of carboxylic acids is 1. The van der Waals surface area contributed by atoms with E-state index in [9.17, 15) is 14.7 Å². The quantitative estimate of drug-likeness (QED) is 0.234. The number of carboxylic acid groups (broad SMARTS) is 1. The summed E-state index contributed by atoms with van der Waals surface area (Å²) in [6, 6.07) is 32.1. The topological polar surface area (TPSA) is 73.5 Å². The van der Waals surface area contributed by atoms with Crippen molar-refractivity contribution in [3.63, 3.8) is 0 Å². The molecule has 0 unspecified atom stereocenters. The summed E-state index contributed by atoms with van der Waals surface area (Å²) >= 11 is 1.43. The zero-order valence-corrected chi connectivity index (χ0v) is 23.0. The molecule has 1 N–H and O–H groups in total. The van der Waals surface area contributed by atoms with Crippen molar-refractivity contribution in [3.8, 4) is 16.9 Å². The lowest BCUT2D eigenvalue weighted by Gasteiger charge is -2.18. The Kier molecular flexibility index (Phi) is 6.16. The number of thioether (sulfide) groups is 1. The molecule has 41 heavy (non-hydrogen) atoms. The van der Waals surface area contributed by atoms with Gasteiger partial charge in [0, 0.05) is 52.3 Å². The third-order valence-electron chi connectivity index (χ3n) is 7.77. The molecule has 0 radical (unpaired) electrons. The van der Waals surface area contributed by atoms with Crippen LogP contribution in [0.3, 0.4) is 0 Å². The number of benzene rings is 4. The molecule has 0 amide bonds. The molecular formula is C34H26N2O4S. The average molecular weight is 559 g/mol. The van der Waals surface area contributed by atoms with Crippen LogP contribution in [0.5, 0.6) is 5.75 Å². The molecule has 1 aliphatic heterocycles. The van der Waals surface area contributed by atoms with E-state index in [1.165, 1.54) is 16.3 Å². The predicted molar refractivity (Wildman–Crippen MR) is 163 cm³/mol. The van der Waals surface area contributed by atoms with Crippen LogP contribution in [0.2, 0.25) is 0 Å². The Morgan fingerprint density at radius 2 is 1.61 bits per heavy atom. The summed E-state index contributed by atoms with van der Waals surface area (Å²) in [4.78, 5) is 26.4. The van der Waals surface area contributed by atoms with Crippen LogP contribution in [0.25, 0.3) is 32.8 Å². The van der Waals surface area contributed by atoms with Crippen LogP contribution in [-0.2, 0) is 18.4 Å². The number of hydrogen-bond donors (Lipinski definition) is 1. The Hall–Kier alpha value is -4.75. The highest BCUT2D eigenvalue weighted by Crippen LogP contribution is 2.53. The van der Waals surface area contributed by atoms with Crippen molar-refractivity contribution in [1.82, 2.24) is 9.13 Å². The van der Waals surface area contributed by atoms with Crippen LogP contribution in [0.15, 0.2) is 119 Å². The largest absolute Gasteiger partial charge is 0.488 e. The normalized spacial score (nSPS) is 16.2. The maximum absolute atomic E-state index is 13.7. The predicted octanol–water partition coefficient (Wildman–Crippen LogP) is 7.21. The van der Waals surface area contributed by atoms with Gasteiger partial charge in [0.25, 0.3) is 5.56 Å². The number of nitrogens with zero attached hydrogens (tertiary/aromatic N) is 2. The van der Waals surface area contributed by atoms with Crippen molar-refractivity contribution in [2.45, 2.75) is 22.9 Å². The standard InChI is InChI=1S/C34H26N2O4S/c1-35-19-26(25-15-7-8-16-27(25)35)30-23(20-40-28-17-9-13-21-10-5-6-14-24(21)28)18-29(37)36-31(34(38)39)32(41-33(30)36)22-11-3-2-4-12-22/h2-19,31-32H,20H2,1H3,(H,38,39)/t31-,32+/m0/s1. The molecular weight excluding hydrogens is 532 g/mol. The molecule has 0 spiro atoms. The highest BCUT2D eigenvalue weighted by Gasteiger charge is 2.42. The fourth-order valence-electron chi connectivity index (χ4n) is 5.90. The first-order chi connectivity index (χ1) is 20.0. The summed E-state index contributed by atoms with van der Waals surface area (Å²) in [5.74, 6) is -0.304. The van der Waals surface area contributed by atoms with Gasteiger partial charge >= 0.3 is 5.97 Å². The SMILES string of the molecule is Cn1cc(-c2c(COc3cccc4ccccc34)cc(=O)n3c2S[C@H](c2ccccc2)[C@H]3C(=O)O)c2ccccc21. The summed E-state index contributed by atoms with van der Waals surface area (Å²) in [5, 5.41) is 13.6. The van der Waals surface area contributed by atoms with Gasteiger partial charge in [-0.3, -0.25) is 9.36 Å². The molecule has 2 atom stereocenters. The number of fused-ring (bicyclic) bond motifs is 3. The van der Waals surface area contributed by atoms with E-state index in [0.29, 0.717) is 5.03 Å². The summed E-state index contributed by atoms with van der Waals surface area (Å²) in [7, 11) is 1.99. The van der Waals surface area contributed by atoms with Gasteiger partial charge < -0.3 is 14.4 Å². The monoisotopic (exact) mass is 558 g/mol. The first-order valence-electron chi connectivity index (χ1n) is 13.4. The first kappa shape index (κ1) is 25.2. The number of pyridine rings is 1. The van der Waals surface area contributed by atoms with Gasteiger partial charge in [-0.2, -0.15) is 0 Å². The van der Waals surface area contributed by atoms with Crippen LogP contribution in [0, 0.1) is 0 Å². The molecule has 0 saturated heterocycles. The molecule has 0 bridgehead atoms. The number of aliphatic carboxylic acids is 1. The summed E-state index contributed by atoms with van der Waals surface area (Å²) in [5.41, 5.74) is 4.05. The van der Waals surface area contributed by atoms with Crippen molar-refractivity contribution in [1.29, 1.82) is 0 Å². The van der Waals surface area contributed by atoms with Crippen LogP contribution in [0.4, 0.5) is 0 Å². The molecule has 202 valence electrons. The second kappa shape index (κ2) is 10.0. The van der Waals surface area contributed by atoms with E-state index in [1.54, 1.807) is 6.07 Å². The number of hydrogen-bond acceptors (Lipinski definition) is 4. The molecule has 6 nitrogen and oxygen atoms in total. The number of ether oxygens (including phenoxy) is 1. The number of aryl methyl sites for hydroxylation is 1. The highest BCUT2D eigenvalue weighted by molar-refractivity contribution is 7.99. The Morgan fingerprint density at radius 3 is 2.41 bits per heavy atom. The summed E-state index contributed by atoms with van der Waals surface area (Å²) in [6.07, 6.45) is 2.05. The lowest BCUT2D eigenvalue weighted by Crippen LogP contribution is -2.30. The highest BCUT2D eigenvalue weighted by atomic mass is 32.2. The third kappa shape index (κ3) is 4.21. The fraction of sp³-hybridized carbons (Fsp3) is 0.118. The van der Waals surface area contributed by atoms with Gasteiger partial charge in [-0.1, -0.05) is 96.7 Å². The fourth-order valence-corrected chi connectivity index (χ4v) is 7.48. The van der Waals surface area contributed by atoms with E-state index < -0.39 is 17.3 Å².